The van der Waals surface area contributed by atoms with Gasteiger partial charge in [-0.2, -0.15) is 9.30 Å². The van der Waals surface area contributed by atoms with Gasteiger partial charge in [0.05, 0.1) is 7.11 Å². The molecule has 0 saturated carbocycles. The first kappa shape index (κ1) is 21.9. The lowest BCUT2D eigenvalue weighted by Gasteiger charge is -2.22. The molecule has 9 heteroatoms. The quantitative estimate of drug-likeness (QED) is 0.560. The van der Waals surface area contributed by atoms with Crippen LogP contribution < -0.4 is 9.54 Å². The Hall–Kier alpha value is -2.75. The van der Waals surface area contributed by atoms with E-state index in [1.54, 1.807) is 24.7 Å². The fourth-order valence-electron chi connectivity index (χ4n) is 2.89. The van der Waals surface area contributed by atoms with Crippen LogP contribution in [0.15, 0.2) is 70.0 Å². The van der Waals surface area contributed by atoms with Crippen LogP contribution in [-0.2, 0) is 23.6 Å². The fraction of sp³-hybridized carbons (Fsp3) is 0.238. The molecule has 0 fully saturated rings. The molecule has 0 N–H and O–H groups in total. The highest BCUT2D eigenvalue weighted by molar-refractivity contribution is 7.89. The lowest BCUT2D eigenvalue weighted by atomic mass is 10.2. The third-order valence-corrected chi connectivity index (χ3v) is 7.33. The van der Waals surface area contributed by atoms with Gasteiger partial charge in [0.1, 0.15) is 10.6 Å². The van der Waals surface area contributed by atoms with Gasteiger partial charge in [0.15, 0.2) is 4.80 Å². The van der Waals surface area contributed by atoms with E-state index in [2.05, 4.69) is 4.99 Å². The maximum atomic E-state index is 13.4. The van der Waals surface area contributed by atoms with E-state index in [1.165, 1.54) is 41.0 Å². The summed E-state index contributed by atoms with van der Waals surface area (Å²) in [5.74, 6) is -0.335. The first-order valence-corrected chi connectivity index (χ1v) is 11.6. The number of aryl methyl sites for hydroxylation is 1. The smallest absolute Gasteiger partial charge is 0.279 e. The monoisotopic (exact) mass is 445 g/mol. The van der Waals surface area contributed by atoms with Crippen LogP contribution in [0.4, 0.5) is 0 Å². The van der Waals surface area contributed by atoms with E-state index in [1.807, 2.05) is 35.7 Å². The number of carbonyl (C=O) groups excluding carboxylic acids is 1. The number of thiazole rings is 1. The van der Waals surface area contributed by atoms with Crippen LogP contribution in [0, 0.1) is 0 Å². The first-order chi connectivity index (χ1) is 14.4. The van der Waals surface area contributed by atoms with Crippen molar-refractivity contribution in [2.45, 2.75) is 18.4 Å². The number of hydrogen-bond acceptors (Lipinski definition) is 5. The Morgan fingerprint density at radius 3 is 2.53 bits per heavy atom. The molecule has 0 bridgehead atoms. The van der Waals surface area contributed by atoms with Crippen LogP contribution >= 0.6 is 11.3 Å². The topological polar surface area (TPSA) is 81.0 Å². The van der Waals surface area contributed by atoms with Crippen molar-refractivity contribution in [1.29, 1.82) is 0 Å². The number of aromatic nitrogens is 1. The van der Waals surface area contributed by atoms with E-state index in [0.717, 1.165) is 5.56 Å². The number of sulfonamides is 1. The lowest BCUT2D eigenvalue weighted by molar-refractivity contribution is 0.0997. The Morgan fingerprint density at radius 1 is 1.20 bits per heavy atom. The first-order valence-electron chi connectivity index (χ1n) is 9.28. The summed E-state index contributed by atoms with van der Waals surface area (Å²) in [5.41, 5.74) is 1.05. The SMILES string of the molecule is CCN(Cc1ccccc1)S(=O)(=O)c1cc(C(=O)N=c2sccn2C)ccc1OC. The van der Waals surface area contributed by atoms with Crippen molar-refractivity contribution in [3.05, 3.63) is 76.0 Å². The Kier molecular flexibility index (Phi) is 6.86. The predicted molar refractivity (Wildman–Crippen MR) is 116 cm³/mol. The molecule has 3 aromatic rings. The molecular formula is C21H23N3O4S2. The molecule has 0 aliphatic rings. The average molecular weight is 446 g/mol. The number of carbonyl (C=O) groups is 1. The average Bonchev–Trinajstić information content (AvgIpc) is 3.16. The molecule has 0 saturated heterocycles. The second-order valence-electron chi connectivity index (χ2n) is 6.50. The van der Waals surface area contributed by atoms with Crippen molar-refractivity contribution < 1.29 is 17.9 Å². The minimum absolute atomic E-state index is 0.0561. The van der Waals surface area contributed by atoms with Gasteiger partial charge in [-0.3, -0.25) is 4.79 Å². The molecule has 158 valence electrons. The van der Waals surface area contributed by atoms with Crippen molar-refractivity contribution in [1.82, 2.24) is 8.87 Å². The number of nitrogens with zero attached hydrogens (tertiary/aromatic N) is 3. The molecule has 0 aliphatic heterocycles. The Labute approximate surface area is 179 Å². The van der Waals surface area contributed by atoms with Crippen molar-refractivity contribution in [3.63, 3.8) is 0 Å². The second-order valence-corrected chi connectivity index (χ2v) is 9.28. The molecular weight excluding hydrogens is 422 g/mol. The van der Waals surface area contributed by atoms with Crippen molar-refractivity contribution >= 4 is 27.3 Å². The van der Waals surface area contributed by atoms with E-state index in [4.69, 9.17) is 4.74 Å². The maximum absolute atomic E-state index is 13.4. The summed E-state index contributed by atoms with van der Waals surface area (Å²) >= 11 is 1.32. The van der Waals surface area contributed by atoms with Gasteiger partial charge in [-0.15, -0.1) is 11.3 Å². The fourth-order valence-corrected chi connectivity index (χ4v) is 5.24. The zero-order chi connectivity index (χ0) is 21.7. The van der Waals surface area contributed by atoms with E-state index in [9.17, 15) is 13.2 Å². The molecule has 0 aliphatic carbocycles. The minimum atomic E-state index is -3.91. The van der Waals surface area contributed by atoms with Gasteiger partial charge < -0.3 is 9.30 Å². The standard InChI is InChI=1S/C21H23N3O4S2/c1-4-24(15-16-8-6-5-7-9-16)30(26,27)19-14-17(10-11-18(19)28-3)20(25)22-21-23(2)12-13-29-21/h5-14H,4,15H2,1-3H3. The van der Waals surface area contributed by atoms with E-state index in [0.29, 0.717) is 4.80 Å². The molecule has 1 aromatic heterocycles. The Balaban J connectivity index is 2.01. The van der Waals surface area contributed by atoms with Crippen LogP contribution in [0.25, 0.3) is 0 Å². The highest BCUT2D eigenvalue weighted by atomic mass is 32.2. The molecule has 0 unspecified atom stereocenters. The molecule has 30 heavy (non-hydrogen) atoms. The lowest BCUT2D eigenvalue weighted by Crippen LogP contribution is -2.31. The van der Waals surface area contributed by atoms with Gasteiger partial charge in [0.25, 0.3) is 5.91 Å². The summed E-state index contributed by atoms with van der Waals surface area (Å²) in [6.07, 6.45) is 1.80. The van der Waals surface area contributed by atoms with E-state index in [-0.39, 0.29) is 29.3 Å². The Bertz CT molecular complexity index is 1200. The van der Waals surface area contributed by atoms with Gasteiger partial charge in [-0.25, -0.2) is 8.42 Å². The molecule has 3 rings (SSSR count). The van der Waals surface area contributed by atoms with Crippen molar-refractivity contribution in [2.75, 3.05) is 13.7 Å². The van der Waals surface area contributed by atoms with Gasteiger partial charge in [0, 0.05) is 37.3 Å². The summed E-state index contributed by atoms with van der Waals surface area (Å²) in [5, 5.41) is 1.82. The molecule has 0 spiro atoms. The molecule has 1 heterocycles. The number of hydrogen-bond donors (Lipinski definition) is 0. The maximum Gasteiger partial charge on any atom is 0.279 e. The van der Waals surface area contributed by atoms with Gasteiger partial charge >= 0.3 is 0 Å². The van der Waals surface area contributed by atoms with Gasteiger partial charge in [-0.1, -0.05) is 37.3 Å². The Morgan fingerprint density at radius 2 is 1.93 bits per heavy atom. The molecule has 1 amide bonds. The van der Waals surface area contributed by atoms with Gasteiger partial charge in [-0.05, 0) is 23.8 Å². The summed E-state index contributed by atoms with van der Waals surface area (Å²) in [6, 6.07) is 13.7. The third kappa shape index (κ3) is 4.69. The summed E-state index contributed by atoms with van der Waals surface area (Å²) in [7, 11) is -0.717. The molecule has 0 atom stereocenters. The van der Waals surface area contributed by atoms with E-state index >= 15 is 0 Å². The molecule has 0 radical (unpaired) electrons. The third-order valence-electron chi connectivity index (χ3n) is 4.54. The normalized spacial score (nSPS) is 12.3. The predicted octanol–water partition coefficient (Wildman–Crippen LogP) is 3.05. The number of benzene rings is 2. The second kappa shape index (κ2) is 9.38. The summed E-state index contributed by atoms with van der Waals surface area (Å²) in [4.78, 5) is 17.2. The van der Waals surface area contributed by atoms with Crippen LogP contribution in [-0.4, -0.2) is 36.9 Å². The zero-order valence-corrected chi connectivity index (χ0v) is 18.6. The van der Waals surface area contributed by atoms with Gasteiger partial charge in [0.2, 0.25) is 10.0 Å². The number of methoxy groups -OCH3 is 1. The molecule has 2 aromatic carbocycles. The minimum Gasteiger partial charge on any atom is -0.495 e. The van der Waals surface area contributed by atoms with Crippen LogP contribution in [0.1, 0.15) is 22.8 Å². The highest BCUT2D eigenvalue weighted by Crippen LogP contribution is 2.29. The molecule has 7 nitrogen and oxygen atoms in total. The summed E-state index contributed by atoms with van der Waals surface area (Å²) < 4.78 is 35.2. The number of amides is 1. The highest BCUT2D eigenvalue weighted by Gasteiger charge is 2.28. The van der Waals surface area contributed by atoms with Crippen LogP contribution in [0.2, 0.25) is 0 Å². The van der Waals surface area contributed by atoms with Crippen molar-refractivity contribution in [2.24, 2.45) is 12.0 Å². The van der Waals surface area contributed by atoms with E-state index < -0.39 is 15.9 Å². The van der Waals surface area contributed by atoms with Crippen LogP contribution in [0.5, 0.6) is 5.75 Å². The zero-order valence-electron chi connectivity index (χ0n) is 17.0. The van der Waals surface area contributed by atoms with Crippen molar-refractivity contribution in [3.8, 4) is 5.75 Å². The summed E-state index contributed by atoms with van der Waals surface area (Å²) in [6.45, 7) is 2.26. The number of ether oxygens (including phenoxy) is 1. The van der Waals surface area contributed by atoms with Crippen LogP contribution in [0.3, 0.4) is 0 Å². The number of rotatable bonds is 7. The largest absolute Gasteiger partial charge is 0.495 e.